The lowest BCUT2D eigenvalue weighted by molar-refractivity contribution is -0.139. The van der Waals surface area contributed by atoms with E-state index in [1.54, 1.807) is 36.1 Å². The molecule has 38 heavy (non-hydrogen) atoms. The van der Waals surface area contributed by atoms with Gasteiger partial charge in [0.15, 0.2) is 0 Å². The summed E-state index contributed by atoms with van der Waals surface area (Å²) >= 11 is 0. The second-order valence-electron chi connectivity index (χ2n) is 9.56. The van der Waals surface area contributed by atoms with Gasteiger partial charge in [-0.25, -0.2) is 18.0 Å². The minimum atomic E-state index is -3.59. The highest BCUT2D eigenvalue weighted by atomic mass is 32.2. The zero-order valence-electron chi connectivity index (χ0n) is 22.4. The van der Waals surface area contributed by atoms with E-state index >= 15 is 0 Å². The molecule has 0 radical (unpaired) electrons. The maximum absolute atomic E-state index is 13.3. The summed E-state index contributed by atoms with van der Waals surface area (Å²) in [4.78, 5) is 30.5. The van der Waals surface area contributed by atoms with Crippen LogP contribution in [0.2, 0.25) is 0 Å². The van der Waals surface area contributed by atoms with Crippen molar-refractivity contribution in [2.75, 3.05) is 45.9 Å². The number of rotatable bonds is 8. The van der Waals surface area contributed by atoms with Crippen LogP contribution in [0.15, 0.2) is 64.7 Å². The van der Waals surface area contributed by atoms with Crippen molar-refractivity contribution >= 4 is 22.0 Å². The fraction of sp³-hybridized carbons (Fsp3) is 0.429. The smallest absolute Gasteiger partial charge is 0.338 e. The zero-order chi connectivity index (χ0) is 27.4. The van der Waals surface area contributed by atoms with Crippen molar-refractivity contribution in [1.29, 1.82) is 0 Å². The second kappa shape index (κ2) is 11.7. The highest BCUT2D eigenvalue weighted by molar-refractivity contribution is 7.89. The number of nitrogens with zero attached hydrogens (tertiary/aromatic N) is 3. The van der Waals surface area contributed by atoms with Gasteiger partial charge in [-0.05, 0) is 51.0 Å². The quantitative estimate of drug-likeness (QED) is 0.517. The van der Waals surface area contributed by atoms with Crippen LogP contribution < -0.4 is 5.32 Å². The molecule has 204 valence electrons. The average Bonchev–Trinajstić information content (AvgIpc) is 2.89. The summed E-state index contributed by atoms with van der Waals surface area (Å²) in [6, 6.07) is 13.6. The van der Waals surface area contributed by atoms with Crippen LogP contribution >= 0.6 is 0 Å². The average molecular weight is 541 g/mol. The van der Waals surface area contributed by atoms with E-state index in [2.05, 4.69) is 10.2 Å². The molecule has 1 unspecified atom stereocenters. The Morgan fingerprint density at radius 1 is 1.00 bits per heavy atom. The van der Waals surface area contributed by atoms with Gasteiger partial charge in [-0.15, -0.1) is 0 Å². The van der Waals surface area contributed by atoms with Crippen LogP contribution in [0.25, 0.3) is 0 Å². The van der Waals surface area contributed by atoms with Crippen LogP contribution in [0.5, 0.6) is 0 Å². The third-order valence-electron chi connectivity index (χ3n) is 7.11. The largest absolute Gasteiger partial charge is 0.463 e. The van der Waals surface area contributed by atoms with Gasteiger partial charge in [0.2, 0.25) is 10.0 Å². The number of nitrogens with one attached hydrogen (secondary N) is 1. The molecule has 9 nitrogen and oxygen atoms in total. The van der Waals surface area contributed by atoms with Crippen LogP contribution in [0.4, 0.5) is 4.79 Å². The summed E-state index contributed by atoms with van der Waals surface area (Å²) in [5, 5.41) is 3.00. The molecule has 1 N–H and O–H groups in total. The van der Waals surface area contributed by atoms with Gasteiger partial charge in [0.25, 0.3) is 0 Å². The predicted octanol–water partition coefficient (Wildman–Crippen LogP) is 3.21. The number of likely N-dealkylation sites (N-methyl/N-ethyl adjacent to an activating group) is 1. The lowest BCUT2D eigenvalue weighted by atomic mass is 9.91. The predicted molar refractivity (Wildman–Crippen MR) is 145 cm³/mol. The van der Waals surface area contributed by atoms with Gasteiger partial charge in [0.1, 0.15) is 0 Å². The topological polar surface area (TPSA) is 99.3 Å². The van der Waals surface area contributed by atoms with E-state index in [-0.39, 0.29) is 17.5 Å². The van der Waals surface area contributed by atoms with Crippen molar-refractivity contribution in [3.8, 4) is 0 Å². The Morgan fingerprint density at radius 2 is 1.66 bits per heavy atom. The highest BCUT2D eigenvalue weighted by Crippen LogP contribution is 2.33. The van der Waals surface area contributed by atoms with Crippen molar-refractivity contribution in [3.05, 3.63) is 76.5 Å². The number of amides is 2. The minimum Gasteiger partial charge on any atom is -0.463 e. The number of sulfonamides is 1. The lowest BCUT2D eigenvalue weighted by Crippen LogP contribution is -2.53. The minimum absolute atomic E-state index is 0.214. The summed E-state index contributed by atoms with van der Waals surface area (Å²) in [5.41, 5.74) is 3.81. The third-order valence-corrected chi connectivity index (χ3v) is 9.03. The summed E-state index contributed by atoms with van der Waals surface area (Å²) in [5.74, 6) is -0.463. The fourth-order valence-corrected chi connectivity index (χ4v) is 6.42. The number of aryl methyl sites for hydroxylation is 2. The Bertz CT molecular complexity index is 1320. The lowest BCUT2D eigenvalue weighted by Gasteiger charge is -2.40. The molecule has 0 bridgehead atoms. The van der Waals surface area contributed by atoms with Crippen LogP contribution in [0.3, 0.4) is 0 Å². The maximum Gasteiger partial charge on any atom is 0.338 e. The Kier molecular flexibility index (Phi) is 8.54. The van der Waals surface area contributed by atoms with Gasteiger partial charge in [0, 0.05) is 45.0 Å². The van der Waals surface area contributed by atoms with E-state index in [4.69, 9.17) is 4.74 Å². The number of hydrogen-bond acceptors (Lipinski definition) is 6. The van der Waals surface area contributed by atoms with Gasteiger partial charge < -0.3 is 10.1 Å². The standard InChI is InChI=1S/C28H36N4O5S/c1-5-32-24(19-30-15-17-31(18-16-30)38(35,36)22-13-11-20(3)12-14-22)25(27(33)37-6-2)26(29-28(32)34)23-10-8-7-9-21(23)4/h7-14,26H,5-6,15-19H2,1-4H3,(H,29,34). The molecule has 0 spiro atoms. The molecule has 1 saturated heterocycles. The van der Waals surface area contributed by atoms with Gasteiger partial charge in [-0.3, -0.25) is 9.80 Å². The number of esters is 1. The molecular weight excluding hydrogens is 504 g/mol. The van der Waals surface area contributed by atoms with E-state index in [0.717, 1.165) is 16.7 Å². The van der Waals surface area contributed by atoms with Gasteiger partial charge in [-0.1, -0.05) is 42.0 Å². The molecule has 2 aromatic carbocycles. The van der Waals surface area contributed by atoms with Crippen molar-refractivity contribution in [1.82, 2.24) is 19.4 Å². The molecular formula is C28H36N4O5S. The van der Waals surface area contributed by atoms with Gasteiger partial charge >= 0.3 is 12.0 Å². The molecule has 2 aromatic rings. The molecule has 4 rings (SSSR count). The molecule has 0 aliphatic carbocycles. The van der Waals surface area contributed by atoms with E-state index in [9.17, 15) is 18.0 Å². The SMILES string of the molecule is CCOC(=O)C1=C(CN2CCN(S(=O)(=O)c3ccc(C)cc3)CC2)N(CC)C(=O)NC1c1ccccc1C. The van der Waals surface area contributed by atoms with Gasteiger partial charge in [0.05, 0.1) is 23.1 Å². The first-order valence-corrected chi connectivity index (χ1v) is 14.4. The number of hydrogen-bond donors (Lipinski definition) is 1. The van der Waals surface area contributed by atoms with Crippen molar-refractivity contribution in [2.45, 2.75) is 38.6 Å². The first-order chi connectivity index (χ1) is 18.2. The molecule has 2 heterocycles. The maximum atomic E-state index is 13.3. The van der Waals surface area contributed by atoms with Crippen LogP contribution in [0.1, 0.15) is 36.6 Å². The Hall–Kier alpha value is -3.21. The molecule has 10 heteroatoms. The zero-order valence-corrected chi connectivity index (χ0v) is 23.3. The Labute approximate surface area is 225 Å². The number of urea groups is 1. The molecule has 0 aromatic heterocycles. The molecule has 2 aliphatic heterocycles. The van der Waals surface area contributed by atoms with E-state index in [1.807, 2.05) is 45.0 Å². The fourth-order valence-electron chi connectivity index (χ4n) is 5.00. The number of carbonyl (C=O) groups excluding carboxylic acids is 2. The number of piperazine rings is 1. The van der Waals surface area contributed by atoms with Crippen LogP contribution in [-0.4, -0.2) is 80.4 Å². The summed E-state index contributed by atoms with van der Waals surface area (Å²) < 4.78 is 33.3. The van der Waals surface area contributed by atoms with Crippen molar-refractivity contribution < 1.29 is 22.7 Å². The van der Waals surface area contributed by atoms with E-state index < -0.39 is 22.0 Å². The first-order valence-electron chi connectivity index (χ1n) is 13.0. The van der Waals surface area contributed by atoms with Crippen LogP contribution in [-0.2, 0) is 19.6 Å². The van der Waals surface area contributed by atoms with Crippen molar-refractivity contribution in [2.24, 2.45) is 0 Å². The van der Waals surface area contributed by atoms with Gasteiger partial charge in [-0.2, -0.15) is 4.31 Å². The summed E-state index contributed by atoms with van der Waals surface area (Å²) in [7, 11) is -3.59. The van der Waals surface area contributed by atoms with E-state index in [1.165, 1.54) is 4.31 Å². The summed E-state index contributed by atoms with van der Waals surface area (Å²) in [6.07, 6.45) is 0. The second-order valence-corrected chi connectivity index (χ2v) is 11.5. The summed E-state index contributed by atoms with van der Waals surface area (Å²) in [6.45, 7) is 9.99. The first kappa shape index (κ1) is 27.8. The monoisotopic (exact) mass is 540 g/mol. The van der Waals surface area contributed by atoms with E-state index in [0.29, 0.717) is 50.5 Å². The van der Waals surface area contributed by atoms with Crippen molar-refractivity contribution in [3.63, 3.8) is 0 Å². The number of benzene rings is 2. The Morgan fingerprint density at radius 3 is 2.26 bits per heavy atom. The number of ether oxygens (including phenoxy) is 1. The number of carbonyl (C=O) groups is 2. The third kappa shape index (κ3) is 5.62. The normalized spacial score (nSPS) is 19.4. The molecule has 1 fully saturated rings. The van der Waals surface area contributed by atoms with Crippen LogP contribution in [0, 0.1) is 13.8 Å². The highest BCUT2D eigenvalue weighted by Gasteiger charge is 2.39. The molecule has 2 amide bonds. The molecule has 0 saturated carbocycles. The molecule has 1 atom stereocenters. The Balaban J connectivity index is 1.62. The molecule has 2 aliphatic rings.